The third kappa shape index (κ3) is 4.05. The zero-order valence-electron chi connectivity index (χ0n) is 18.0. The molecule has 162 valence electrons. The third-order valence-electron chi connectivity index (χ3n) is 6.73. The van der Waals surface area contributed by atoms with Crippen molar-refractivity contribution in [3.63, 3.8) is 0 Å². The summed E-state index contributed by atoms with van der Waals surface area (Å²) < 4.78 is 0. The molecule has 0 radical (unpaired) electrons. The molecule has 0 amide bonds. The molecule has 2 heterocycles. The Hall–Kier alpha value is -3.41. The molecule has 5 nitrogen and oxygen atoms in total. The van der Waals surface area contributed by atoms with Crippen LogP contribution in [-0.2, 0) is 6.54 Å². The van der Waals surface area contributed by atoms with Crippen LogP contribution in [0.15, 0.2) is 85.1 Å². The molecule has 0 saturated carbocycles. The number of carbonyl (C=O) groups excluding carboxylic acids is 1. The number of hydrogen-bond acceptors (Lipinski definition) is 2. The molecule has 0 bridgehead atoms. The summed E-state index contributed by atoms with van der Waals surface area (Å²) in [5, 5.41) is 12.4. The molecule has 0 spiro atoms. The summed E-state index contributed by atoms with van der Waals surface area (Å²) in [5.74, 6) is -1.14. The van der Waals surface area contributed by atoms with E-state index in [4.69, 9.17) is 0 Å². The number of quaternary nitrogens is 2. The van der Waals surface area contributed by atoms with E-state index < -0.39 is 5.97 Å². The van der Waals surface area contributed by atoms with Crippen molar-refractivity contribution in [1.82, 2.24) is 4.98 Å². The summed E-state index contributed by atoms with van der Waals surface area (Å²) in [6.45, 7) is 5.24. The van der Waals surface area contributed by atoms with Gasteiger partial charge < -0.3 is 24.7 Å². The largest absolute Gasteiger partial charge is 0.545 e. The highest BCUT2D eigenvalue weighted by atomic mass is 16.4. The number of carbonyl (C=O) groups is 1. The van der Waals surface area contributed by atoms with Crippen LogP contribution >= 0.6 is 0 Å². The van der Waals surface area contributed by atoms with E-state index in [2.05, 4.69) is 65.6 Å². The molecule has 1 aliphatic heterocycles. The maximum atomic E-state index is 11.4. The van der Waals surface area contributed by atoms with Crippen LogP contribution in [0.2, 0.25) is 0 Å². The number of fused-ring (bicyclic) bond motifs is 1. The Morgan fingerprint density at radius 2 is 1.47 bits per heavy atom. The highest BCUT2D eigenvalue weighted by Crippen LogP contribution is 2.21. The fourth-order valence-electron chi connectivity index (χ4n) is 5.14. The van der Waals surface area contributed by atoms with Crippen LogP contribution in [0, 0.1) is 0 Å². The molecule has 4 aromatic rings. The first kappa shape index (κ1) is 20.5. The van der Waals surface area contributed by atoms with Crippen molar-refractivity contribution in [1.29, 1.82) is 0 Å². The average Bonchev–Trinajstić information content (AvgIpc) is 3.24. The number of hydrogen-bond donors (Lipinski definition) is 3. The quantitative estimate of drug-likeness (QED) is 0.423. The van der Waals surface area contributed by atoms with E-state index in [0.29, 0.717) is 11.6 Å². The maximum Gasteiger partial charge on any atom is 0.139 e. The van der Waals surface area contributed by atoms with Gasteiger partial charge in [-0.05, 0) is 0 Å². The first-order valence-electron chi connectivity index (χ1n) is 11.3. The highest BCUT2D eigenvalue weighted by molar-refractivity contribution is 6.02. The second kappa shape index (κ2) is 8.99. The first-order valence-corrected chi connectivity index (χ1v) is 11.3. The van der Waals surface area contributed by atoms with Crippen molar-refractivity contribution < 1.29 is 19.7 Å². The number of carboxylic acids is 1. The third-order valence-corrected chi connectivity index (χ3v) is 6.73. The number of aromatic carboxylic acids is 1. The molecular weight excluding hydrogens is 398 g/mol. The predicted molar refractivity (Wildman–Crippen MR) is 122 cm³/mol. The Morgan fingerprint density at radius 3 is 2.06 bits per heavy atom. The van der Waals surface area contributed by atoms with Gasteiger partial charge in [0.05, 0.1) is 11.5 Å². The first-order chi connectivity index (χ1) is 15.7. The van der Waals surface area contributed by atoms with E-state index in [1.54, 1.807) is 17.0 Å². The molecule has 1 aliphatic rings. The van der Waals surface area contributed by atoms with Crippen molar-refractivity contribution in [3.05, 3.63) is 107 Å². The maximum absolute atomic E-state index is 11.4. The monoisotopic (exact) mass is 426 g/mol. The number of H-pyrrole nitrogens is 1. The van der Waals surface area contributed by atoms with E-state index >= 15 is 0 Å². The highest BCUT2D eigenvalue weighted by Gasteiger charge is 2.32. The molecule has 32 heavy (non-hydrogen) atoms. The number of piperazine rings is 1. The standard InChI is InChI=1S/C27H27N3O2/c31-27(32)24-13-7-12-23-22(18-28-25(23)24)19-29-14-16-30(17-15-29)26(20-8-3-1-4-9-20)21-10-5-2-6-11-21/h1-13,18,26,28H,14-17,19H2,(H,31,32)/p+1. The molecule has 0 aliphatic carbocycles. The lowest BCUT2D eigenvalue weighted by atomic mass is 9.96. The van der Waals surface area contributed by atoms with Crippen molar-refractivity contribution >= 4 is 16.9 Å². The molecular formula is C27H28N3O2+. The number of carboxylic acid groups (broad SMARTS) is 1. The van der Waals surface area contributed by atoms with E-state index in [-0.39, 0.29) is 5.56 Å². The van der Waals surface area contributed by atoms with Gasteiger partial charge in [-0.25, -0.2) is 0 Å². The Balaban J connectivity index is 1.32. The number of aromatic nitrogens is 1. The van der Waals surface area contributed by atoms with Crippen LogP contribution < -0.4 is 14.9 Å². The lowest BCUT2D eigenvalue weighted by molar-refractivity contribution is -1.03. The van der Waals surface area contributed by atoms with E-state index in [0.717, 1.165) is 38.1 Å². The van der Waals surface area contributed by atoms with Gasteiger partial charge in [-0.15, -0.1) is 0 Å². The molecule has 5 heteroatoms. The van der Waals surface area contributed by atoms with Crippen molar-refractivity contribution in [2.24, 2.45) is 0 Å². The van der Waals surface area contributed by atoms with Gasteiger partial charge in [0.1, 0.15) is 38.8 Å². The number of para-hydroxylation sites is 1. The average molecular weight is 427 g/mol. The molecule has 5 rings (SSSR count). The van der Waals surface area contributed by atoms with Crippen LogP contribution in [0.4, 0.5) is 0 Å². The summed E-state index contributed by atoms with van der Waals surface area (Å²) >= 11 is 0. The minimum absolute atomic E-state index is 0.228. The van der Waals surface area contributed by atoms with Crippen LogP contribution in [0.25, 0.3) is 10.9 Å². The summed E-state index contributed by atoms with van der Waals surface area (Å²) in [6.07, 6.45) is 1.96. The summed E-state index contributed by atoms with van der Waals surface area (Å²) in [5.41, 5.74) is 4.79. The Kier molecular flexibility index (Phi) is 5.75. The number of aromatic amines is 1. The lowest BCUT2D eigenvalue weighted by Gasteiger charge is -2.35. The molecule has 0 atom stereocenters. The van der Waals surface area contributed by atoms with Gasteiger partial charge in [-0.1, -0.05) is 78.9 Å². The van der Waals surface area contributed by atoms with Crippen molar-refractivity contribution in [2.75, 3.05) is 26.2 Å². The summed E-state index contributed by atoms with van der Waals surface area (Å²) in [6, 6.07) is 27.4. The van der Waals surface area contributed by atoms with E-state index in [9.17, 15) is 9.90 Å². The second-order valence-corrected chi connectivity index (χ2v) is 8.67. The topological polar surface area (TPSA) is 64.8 Å². The van der Waals surface area contributed by atoms with E-state index in [1.165, 1.54) is 21.6 Å². The predicted octanol–water partition coefficient (Wildman–Crippen LogP) is 0.604. The Labute approximate surface area is 187 Å². The summed E-state index contributed by atoms with van der Waals surface area (Å²) in [4.78, 5) is 17.7. The number of nitrogens with one attached hydrogen (secondary N) is 3. The second-order valence-electron chi connectivity index (χ2n) is 8.67. The fourth-order valence-corrected chi connectivity index (χ4v) is 5.14. The zero-order chi connectivity index (χ0) is 21.9. The molecule has 1 aromatic heterocycles. The fraction of sp³-hybridized carbons (Fsp3) is 0.222. The van der Waals surface area contributed by atoms with Gasteiger partial charge in [0, 0.05) is 33.8 Å². The van der Waals surface area contributed by atoms with Crippen LogP contribution in [0.1, 0.15) is 33.1 Å². The van der Waals surface area contributed by atoms with Crippen molar-refractivity contribution in [3.8, 4) is 0 Å². The minimum atomic E-state index is -1.14. The summed E-state index contributed by atoms with van der Waals surface area (Å²) in [7, 11) is 0. The molecule has 1 saturated heterocycles. The van der Waals surface area contributed by atoms with Crippen LogP contribution in [0.5, 0.6) is 0 Å². The molecule has 1 fully saturated rings. The Morgan fingerprint density at radius 1 is 0.844 bits per heavy atom. The molecule has 0 unspecified atom stereocenters. The van der Waals surface area contributed by atoms with E-state index in [1.807, 2.05) is 12.3 Å². The van der Waals surface area contributed by atoms with Gasteiger partial charge in [0.15, 0.2) is 0 Å². The SMILES string of the molecule is O=C([O-])c1cccc2c(C[NH+]3CC[NH+](C(c4ccccc4)c4ccccc4)CC3)c[nH]c12. The van der Waals surface area contributed by atoms with Gasteiger partial charge in [-0.3, -0.25) is 0 Å². The lowest BCUT2D eigenvalue weighted by Crippen LogP contribution is -3.27. The smallest absolute Gasteiger partial charge is 0.139 e. The normalized spacial score (nSPS) is 18.8. The zero-order valence-corrected chi connectivity index (χ0v) is 18.0. The van der Waals surface area contributed by atoms with Gasteiger partial charge in [0.2, 0.25) is 0 Å². The van der Waals surface area contributed by atoms with Crippen LogP contribution in [-0.4, -0.2) is 37.1 Å². The Bertz CT molecular complexity index is 1160. The molecule has 3 N–H and O–H groups in total. The van der Waals surface area contributed by atoms with Crippen LogP contribution in [0.3, 0.4) is 0 Å². The number of benzene rings is 3. The van der Waals surface area contributed by atoms with Gasteiger partial charge in [-0.2, -0.15) is 0 Å². The van der Waals surface area contributed by atoms with Gasteiger partial charge >= 0.3 is 0 Å². The van der Waals surface area contributed by atoms with Gasteiger partial charge in [0.25, 0.3) is 0 Å². The molecule has 3 aromatic carbocycles. The number of rotatable bonds is 6. The van der Waals surface area contributed by atoms with Crippen molar-refractivity contribution in [2.45, 2.75) is 12.6 Å². The minimum Gasteiger partial charge on any atom is -0.545 e.